The van der Waals surface area contributed by atoms with Gasteiger partial charge in [0.05, 0.1) is 5.75 Å². The van der Waals surface area contributed by atoms with Crippen LogP contribution in [0.4, 0.5) is 5.69 Å². The summed E-state index contributed by atoms with van der Waals surface area (Å²) in [5, 5.41) is 6.27. The average molecular weight is 328 g/mol. The number of hydrogen-bond acceptors (Lipinski definition) is 5. The Bertz CT molecular complexity index is 687. The van der Waals surface area contributed by atoms with Crippen molar-refractivity contribution < 1.29 is 9.59 Å². The van der Waals surface area contributed by atoms with E-state index in [1.807, 2.05) is 0 Å². The van der Waals surface area contributed by atoms with Gasteiger partial charge in [-0.2, -0.15) is 0 Å². The number of nitrogens with one attached hydrogen (secondary N) is 2. The van der Waals surface area contributed by atoms with Crippen molar-refractivity contribution in [2.24, 2.45) is 0 Å². The molecule has 2 aromatic rings. The number of thioether (sulfide) groups is 1. The molecule has 1 aliphatic rings. The Hall–Kier alpha value is -2.41. The van der Waals surface area contributed by atoms with Crippen molar-refractivity contribution in [2.75, 3.05) is 11.1 Å². The number of hydrogen-bond donors (Lipinski definition) is 2. The number of amides is 2. The van der Waals surface area contributed by atoms with E-state index in [2.05, 4.69) is 20.6 Å². The van der Waals surface area contributed by atoms with E-state index in [0.29, 0.717) is 22.4 Å². The van der Waals surface area contributed by atoms with E-state index in [4.69, 9.17) is 0 Å². The first kappa shape index (κ1) is 15.5. The molecule has 1 aliphatic carbocycles. The molecule has 0 radical (unpaired) electrons. The second kappa shape index (κ2) is 7.23. The van der Waals surface area contributed by atoms with Gasteiger partial charge in [0.1, 0.15) is 0 Å². The smallest absolute Gasteiger partial charge is 0.251 e. The molecule has 1 aromatic heterocycles. The maximum absolute atomic E-state index is 11.9. The van der Waals surface area contributed by atoms with E-state index >= 15 is 0 Å². The van der Waals surface area contributed by atoms with Gasteiger partial charge in [0, 0.05) is 29.7 Å². The van der Waals surface area contributed by atoms with Crippen LogP contribution in [0.2, 0.25) is 0 Å². The van der Waals surface area contributed by atoms with E-state index in [9.17, 15) is 9.59 Å². The Labute approximate surface area is 138 Å². The molecule has 0 bridgehead atoms. The van der Waals surface area contributed by atoms with Crippen molar-refractivity contribution in [2.45, 2.75) is 24.0 Å². The zero-order valence-electron chi connectivity index (χ0n) is 12.4. The zero-order valence-corrected chi connectivity index (χ0v) is 13.2. The molecule has 1 saturated carbocycles. The fourth-order valence-electron chi connectivity index (χ4n) is 1.89. The molecule has 2 amide bonds. The minimum atomic E-state index is -0.141. The Morgan fingerprint density at radius 3 is 2.48 bits per heavy atom. The third-order valence-electron chi connectivity index (χ3n) is 3.22. The summed E-state index contributed by atoms with van der Waals surface area (Å²) in [6.07, 6.45) is 5.39. The highest BCUT2D eigenvalue weighted by Crippen LogP contribution is 2.20. The monoisotopic (exact) mass is 328 g/mol. The summed E-state index contributed by atoms with van der Waals surface area (Å²) in [6.45, 7) is 0. The molecular weight excluding hydrogens is 312 g/mol. The highest BCUT2D eigenvalue weighted by Gasteiger charge is 2.23. The Balaban J connectivity index is 1.49. The first-order valence-electron chi connectivity index (χ1n) is 7.31. The van der Waals surface area contributed by atoms with Gasteiger partial charge in [-0.05, 0) is 43.2 Å². The van der Waals surface area contributed by atoms with Crippen LogP contribution in [0.3, 0.4) is 0 Å². The van der Waals surface area contributed by atoms with Crippen LogP contribution < -0.4 is 10.6 Å². The van der Waals surface area contributed by atoms with Gasteiger partial charge in [0.15, 0.2) is 5.16 Å². The molecule has 0 atom stereocenters. The molecule has 0 unspecified atom stereocenters. The first-order valence-corrected chi connectivity index (χ1v) is 8.30. The summed E-state index contributed by atoms with van der Waals surface area (Å²) in [6, 6.07) is 8.93. The number of aromatic nitrogens is 2. The summed E-state index contributed by atoms with van der Waals surface area (Å²) in [5.41, 5.74) is 1.26. The second-order valence-corrected chi connectivity index (χ2v) is 6.14. The van der Waals surface area contributed by atoms with E-state index in [1.54, 1.807) is 42.7 Å². The normalized spacial score (nSPS) is 13.4. The van der Waals surface area contributed by atoms with Crippen LogP contribution >= 0.6 is 11.8 Å². The predicted octanol–water partition coefficient (Wildman–Crippen LogP) is 2.10. The molecular formula is C16H16N4O2S. The third kappa shape index (κ3) is 4.79. The first-order chi connectivity index (χ1) is 11.2. The quantitative estimate of drug-likeness (QED) is 0.627. The van der Waals surface area contributed by atoms with Gasteiger partial charge in [0.2, 0.25) is 5.91 Å². The standard InChI is InChI=1S/C16H16N4O2S/c21-14(10-23-16-17-8-1-9-18-16)19-12-4-2-11(3-5-12)15(22)20-13-6-7-13/h1-5,8-9,13H,6-7,10H2,(H,19,21)(H,20,22). The lowest BCUT2D eigenvalue weighted by molar-refractivity contribution is -0.113. The summed E-state index contributed by atoms with van der Waals surface area (Å²) < 4.78 is 0. The molecule has 0 saturated heterocycles. The molecule has 1 aromatic carbocycles. The number of anilines is 1. The van der Waals surface area contributed by atoms with Gasteiger partial charge in [-0.25, -0.2) is 9.97 Å². The minimum absolute atomic E-state index is 0.0674. The Morgan fingerprint density at radius 2 is 1.83 bits per heavy atom. The minimum Gasteiger partial charge on any atom is -0.349 e. The van der Waals surface area contributed by atoms with Gasteiger partial charge in [-0.3, -0.25) is 9.59 Å². The van der Waals surface area contributed by atoms with Crippen LogP contribution in [0, 0.1) is 0 Å². The van der Waals surface area contributed by atoms with Crippen molar-refractivity contribution in [3.8, 4) is 0 Å². The van der Waals surface area contributed by atoms with Crippen LogP contribution in [0.25, 0.3) is 0 Å². The van der Waals surface area contributed by atoms with Crippen molar-refractivity contribution in [3.05, 3.63) is 48.3 Å². The van der Waals surface area contributed by atoms with E-state index in [1.165, 1.54) is 11.8 Å². The van der Waals surface area contributed by atoms with Crippen molar-refractivity contribution in [1.82, 2.24) is 15.3 Å². The van der Waals surface area contributed by atoms with E-state index in [0.717, 1.165) is 12.8 Å². The predicted molar refractivity (Wildman–Crippen MR) is 88.3 cm³/mol. The molecule has 1 heterocycles. The summed E-state index contributed by atoms with van der Waals surface area (Å²) in [4.78, 5) is 31.9. The molecule has 3 rings (SSSR count). The van der Waals surface area contributed by atoms with Crippen LogP contribution in [-0.2, 0) is 4.79 Å². The Morgan fingerprint density at radius 1 is 1.13 bits per heavy atom. The molecule has 7 heteroatoms. The van der Waals surface area contributed by atoms with Crippen LogP contribution in [0.5, 0.6) is 0 Å². The highest BCUT2D eigenvalue weighted by atomic mass is 32.2. The highest BCUT2D eigenvalue weighted by molar-refractivity contribution is 7.99. The summed E-state index contributed by atoms with van der Waals surface area (Å²) >= 11 is 1.27. The molecule has 1 fully saturated rings. The lowest BCUT2D eigenvalue weighted by Crippen LogP contribution is -2.25. The molecule has 0 spiro atoms. The SMILES string of the molecule is O=C(CSc1ncccn1)Nc1ccc(C(=O)NC2CC2)cc1. The van der Waals surface area contributed by atoms with Crippen molar-refractivity contribution in [3.63, 3.8) is 0 Å². The van der Waals surface area contributed by atoms with Crippen LogP contribution in [0.1, 0.15) is 23.2 Å². The van der Waals surface area contributed by atoms with Gasteiger partial charge in [0.25, 0.3) is 5.91 Å². The fraction of sp³-hybridized carbons (Fsp3) is 0.250. The molecule has 6 nitrogen and oxygen atoms in total. The summed E-state index contributed by atoms with van der Waals surface area (Å²) in [5.74, 6) is 0.0216. The average Bonchev–Trinajstić information content (AvgIpc) is 3.38. The van der Waals surface area contributed by atoms with E-state index < -0.39 is 0 Å². The van der Waals surface area contributed by atoms with Gasteiger partial charge >= 0.3 is 0 Å². The van der Waals surface area contributed by atoms with E-state index in [-0.39, 0.29) is 17.6 Å². The third-order valence-corrected chi connectivity index (χ3v) is 4.09. The van der Waals surface area contributed by atoms with Gasteiger partial charge < -0.3 is 10.6 Å². The number of rotatable bonds is 6. The lowest BCUT2D eigenvalue weighted by atomic mass is 10.2. The second-order valence-electron chi connectivity index (χ2n) is 5.19. The topological polar surface area (TPSA) is 84.0 Å². The van der Waals surface area contributed by atoms with Gasteiger partial charge in [-0.15, -0.1) is 0 Å². The van der Waals surface area contributed by atoms with Crippen molar-refractivity contribution in [1.29, 1.82) is 0 Å². The fourth-order valence-corrected chi connectivity index (χ4v) is 2.49. The molecule has 23 heavy (non-hydrogen) atoms. The number of nitrogens with zero attached hydrogens (tertiary/aromatic N) is 2. The van der Waals surface area contributed by atoms with Crippen molar-refractivity contribution >= 4 is 29.3 Å². The lowest BCUT2D eigenvalue weighted by Gasteiger charge is -2.07. The maximum Gasteiger partial charge on any atom is 0.251 e. The largest absolute Gasteiger partial charge is 0.349 e. The number of benzene rings is 1. The molecule has 0 aliphatic heterocycles. The summed E-state index contributed by atoms with van der Waals surface area (Å²) in [7, 11) is 0. The van der Waals surface area contributed by atoms with Gasteiger partial charge in [-0.1, -0.05) is 11.8 Å². The zero-order chi connectivity index (χ0) is 16.1. The van der Waals surface area contributed by atoms with Crippen LogP contribution in [0.15, 0.2) is 47.9 Å². The number of carbonyl (C=O) groups excluding carboxylic acids is 2. The molecule has 2 N–H and O–H groups in total. The van der Waals surface area contributed by atoms with Crippen LogP contribution in [-0.4, -0.2) is 33.6 Å². The number of carbonyl (C=O) groups is 2. The Kier molecular flexibility index (Phi) is 4.87. The molecule has 118 valence electrons. The maximum atomic E-state index is 11.9.